The van der Waals surface area contributed by atoms with Crippen LogP contribution in [0.3, 0.4) is 0 Å². The number of aliphatic hydroxyl groups excluding tert-OH is 11. The molecule has 22 nitrogen and oxygen atoms in total. The first-order chi connectivity index (χ1) is 34.9. The van der Waals surface area contributed by atoms with Gasteiger partial charge >= 0.3 is 5.97 Å². The molecule has 0 aromatic heterocycles. The van der Waals surface area contributed by atoms with E-state index < -0.39 is 170 Å². The second kappa shape index (κ2) is 20.1. The molecule has 4 aliphatic heterocycles. The van der Waals surface area contributed by atoms with Crippen LogP contribution >= 0.6 is 0 Å². The predicted molar refractivity (Wildman–Crippen MR) is 257 cm³/mol. The normalized spacial score (nSPS) is 55.4. The summed E-state index contributed by atoms with van der Waals surface area (Å²) in [5.41, 5.74) is -2.98. The third-order valence-corrected chi connectivity index (χ3v) is 21.4. The molecule has 0 spiro atoms. The largest absolute Gasteiger partial charge is 0.479 e. The van der Waals surface area contributed by atoms with Crippen molar-refractivity contribution in [2.75, 3.05) is 19.8 Å². The Morgan fingerprint density at radius 2 is 1.29 bits per heavy atom. The van der Waals surface area contributed by atoms with Gasteiger partial charge in [0.2, 0.25) is 0 Å². The quantitative estimate of drug-likeness (QED) is 0.0887. The average Bonchev–Trinajstić information content (AvgIpc) is 3.64. The molecule has 430 valence electrons. The second-order valence-corrected chi connectivity index (χ2v) is 26.2. The SMILES string of the molecule is CC1OC(OC2C(OC3C(OC4CCC5(C)C(CCC6(C)C5CC=C5C7CC(C)(C)C(O)C(O)C7(C)CCC56C)C4(C)C)OC(C(=O)O)C(O)C3OC3OCC(O)(CO)C3O)OC(CO)C(O)C2O)C(O)C(O)C1O. The Kier molecular flexibility index (Phi) is 15.6. The smallest absolute Gasteiger partial charge is 0.335 e. The number of allylic oxidation sites excluding steroid dienone is 2. The summed E-state index contributed by atoms with van der Waals surface area (Å²) in [5, 5.41) is 143. The molecule has 4 saturated heterocycles. The number of carboxylic acids is 1. The number of carboxylic acid groups (broad SMARTS) is 1. The minimum Gasteiger partial charge on any atom is -0.479 e. The summed E-state index contributed by atoms with van der Waals surface area (Å²) < 4.78 is 49.1. The number of carbonyl (C=O) groups is 1. The van der Waals surface area contributed by atoms with Crippen LogP contribution < -0.4 is 0 Å². The Morgan fingerprint density at radius 1 is 0.640 bits per heavy atom. The number of ether oxygens (including phenoxy) is 8. The van der Waals surface area contributed by atoms with Crippen molar-refractivity contribution < 1.29 is 109 Å². The number of hydrogen-bond acceptors (Lipinski definition) is 21. The lowest BCUT2D eigenvalue weighted by molar-refractivity contribution is -0.402. The molecular weight excluding hydrogens is 989 g/mol. The van der Waals surface area contributed by atoms with Crippen LogP contribution in [-0.4, -0.2) is 221 Å². The van der Waals surface area contributed by atoms with E-state index in [9.17, 15) is 71.2 Å². The number of aliphatic hydroxyl groups is 12. The lowest BCUT2D eigenvalue weighted by atomic mass is 9.33. The van der Waals surface area contributed by atoms with E-state index in [0.717, 1.165) is 38.5 Å². The van der Waals surface area contributed by atoms with Crippen molar-refractivity contribution in [2.24, 2.45) is 50.2 Å². The summed E-state index contributed by atoms with van der Waals surface area (Å²) in [4.78, 5) is 13.0. The number of hydrogen-bond donors (Lipinski definition) is 13. The van der Waals surface area contributed by atoms with Crippen molar-refractivity contribution in [2.45, 2.75) is 242 Å². The predicted octanol–water partition coefficient (Wildman–Crippen LogP) is -0.832. The molecule has 5 aliphatic carbocycles. The molecule has 75 heavy (non-hydrogen) atoms. The van der Waals surface area contributed by atoms with Gasteiger partial charge in [0.25, 0.3) is 0 Å². The van der Waals surface area contributed by atoms with Gasteiger partial charge in [-0.2, -0.15) is 0 Å². The third-order valence-electron chi connectivity index (χ3n) is 21.4. The molecule has 9 rings (SSSR count). The number of aliphatic carboxylic acids is 1. The summed E-state index contributed by atoms with van der Waals surface area (Å²) in [7, 11) is 0. The molecule has 28 unspecified atom stereocenters. The maximum Gasteiger partial charge on any atom is 0.335 e. The van der Waals surface area contributed by atoms with E-state index in [0.29, 0.717) is 12.8 Å². The Bertz CT molecular complexity index is 2110. The van der Waals surface area contributed by atoms with E-state index in [2.05, 4.69) is 47.6 Å². The van der Waals surface area contributed by atoms with Crippen LogP contribution in [0, 0.1) is 50.2 Å². The van der Waals surface area contributed by atoms with Crippen molar-refractivity contribution >= 4 is 5.97 Å². The van der Waals surface area contributed by atoms with Crippen LogP contribution in [0.25, 0.3) is 0 Å². The van der Waals surface area contributed by atoms with Crippen molar-refractivity contribution in [1.29, 1.82) is 0 Å². The van der Waals surface area contributed by atoms with Crippen molar-refractivity contribution in [3.63, 3.8) is 0 Å². The van der Waals surface area contributed by atoms with Crippen LogP contribution in [0.5, 0.6) is 0 Å². The van der Waals surface area contributed by atoms with Crippen molar-refractivity contribution in [3.05, 3.63) is 11.6 Å². The molecule has 9 aliphatic rings. The third kappa shape index (κ3) is 9.03. The van der Waals surface area contributed by atoms with Gasteiger partial charge in [0, 0.05) is 5.41 Å². The molecule has 8 fully saturated rings. The van der Waals surface area contributed by atoms with Crippen LogP contribution in [0.2, 0.25) is 0 Å². The van der Waals surface area contributed by atoms with Gasteiger partial charge in [-0.3, -0.25) is 0 Å². The molecule has 4 heterocycles. The number of rotatable bonds is 11. The highest BCUT2D eigenvalue weighted by molar-refractivity contribution is 5.73. The fourth-order valence-electron chi connectivity index (χ4n) is 16.3. The molecule has 0 aromatic rings. The van der Waals surface area contributed by atoms with Gasteiger partial charge in [0.1, 0.15) is 72.7 Å². The highest BCUT2D eigenvalue weighted by Gasteiger charge is 2.70. The molecule has 4 saturated carbocycles. The van der Waals surface area contributed by atoms with Gasteiger partial charge in [0.05, 0.1) is 44.2 Å². The van der Waals surface area contributed by atoms with Gasteiger partial charge in [0.15, 0.2) is 31.3 Å². The van der Waals surface area contributed by atoms with Gasteiger partial charge in [-0.05, 0) is 103 Å². The Labute approximate surface area is 437 Å². The Morgan fingerprint density at radius 3 is 1.93 bits per heavy atom. The first-order valence-corrected chi connectivity index (χ1v) is 27.1. The average molecular weight is 1080 g/mol. The van der Waals surface area contributed by atoms with Gasteiger partial charge in [-0.1, -0.05) is 67.0 Å². The van der Waals surface area contributed by atoms with Gasteiger partial charge < -0.3 is 104 Å². The van der Waals surface area contributed by atoms with Crippen LogP contribution in [0.15, 0.2) is 11.6 Å². The molecule has 13 N–H and O–H groups in total. The fourth-order valence-corrected chi connectivity index (χ4v) is 16.3. The van der Waals surface area contributed by atoms with Gasteiger partial charge in [-0.25, -0.2) is 4.79 Å². The Hall–Kier alpha value is -1.59. The van der Waals surface area contributed by atoms with Crippen LogP contribution in [0.4, 0.5) is 0 Å². The highest BCUT2D eigenvalue weighted by atomic mass is 16.8. The van der Waals surface area contributed by atoms with E-state index in [-0.39, 0.29) is 34.0 Å². The molecule has 0 aromatic carbocycles. The van der Waals surface area contributed by atoms with E-state index >= 15 is 0 Å². The monoisotopic (exact) mass is 1070 g/mol. The van der Waals surface area contributed by atoms with E-state index in [1.807, 2.05) is 13.8 Å². The minimum atomic E-state index is -2.23. The molecule has 0 amide bonds. The lowest BCUT2D eigenvalue weighted by Crippen LogP contribution is -2.69. The molecule has 28 atom stereocenters. The molecule has 0 radical (unpaired) electrons. The minimum absolute atomic E-state index is 0.0356. The molecule has 0 bridgehead atoms. The van der Waals surface area contributed by atoms with E-state index in [4.69, 9.17) is 37.9 Å². The molecule has 22 heteroatoms. The van der Waals surface area contributed by atoms with Crippen LogP contribution in [0.1, 0.15) is 114 Å². The topological polar surface area (TPSA) is 354 Å². The first-order valence-electron chi connectivity index (χ1n) is 27.1. The summed E-state index contributed by atoms with van der Waals surface area (Å²) >= 11 is 0. The number of fused-ring (bicyclic) bond motifs is 7. The summed E-state index contributed by atoms with van der Waals surface area (Å²) in [5.74, 6) is -1.27. The summed E-state index contributed by atoms with van der Waals surface area (Å²) in [6, 6.07) is 0. The highest BCUT2D eigenvalue weighted by Crippen LogP contribution is 2.76. The summed E-state index contributed by atoms with van der Waals surface area (Å²) in [6.07, 6.45) is -24.7. The van der Waals surface area contributed by atoms with Crippen molar-refractivity contribution in [3.8, 4) is 0 Å². The zero-order valence-corrected chi connectivity index (χ0v) is 44.6. The fraction of sp³-hybridized carbons (Fsp3) is 0.943. The zero-order chi connectivity index (χ0) is 55.1. The Balaban J connectivity index is 1.04. The zero-order valence-electron chi connectivity index (χ0n) is 44.6. The summed E-state index contributed by atoms with van der Waals surface area (Å²) in [6.45, 7) is 16.6. The standard InChI is InChI=1S/C53H86O22/c1-22-29(56)31(58)33(60)43(69-22)74-37-32(59)30(57)25(19-54)70-44(37)75-38-35(72-46-41(64)53(67,20-55)21-68-46)34(61)36(42(65)66)73-45(38)71-28-13-14-50(7)26(48(28,4)5)12-15-52(9)27(50)11-10-23-24-18-47(2,3)39(62)40(63)49(24,6)16-17-51(23,52)8/h10,22,24-41,43-46,54-64,67H,11-21H2,1-9H3,(H,65,66). The van der Waals surface area contributed by atoms with E-state index in [1.165, 1.54) is 12.5 Å². The van der Waals surface area contributed by atoms with Crippen molar-refractivity contribution in [1.82, 2.24) is 0 Å². The van der Waals surface area contributed by atoms with Crippen LogP contribution in [-0.2, 0) is 42.7 Å². The second-order valence-electron chi connectivity index (χ2n) is 26.2. The molecular formula is C53H86O22. The van der Waals surface area contributed by atoms with E-state index in [1.54, 1.807) is 0 Å². The maximum atomic E-state index is 13.0. The maximum absolute atomic E-state index is 13.0. The lowest BCUT2D eigenvalue weighted by Gasteiger charge is -2.72. The van der Waals surface area contributed by atoms with Gasteiger partial charge in [-0.15, -0.1) is 0 Å². The first kappa shape index (κ1) is 58.1.